The van der Waals surface area contributed by atoms with Crippen molar-refractivity contribution in [3.8, 4) is 17.1 Å². The number of hydrogen-bond donors (Lipinski definition) is 1. The van der Waals surface area contributed by atoms with Crippen LogP contribution in [0.15, 0.2) is 50.9 Å². The number of nitrogens with one attached hydrogen (secondary N) is 1. The smallest absolute Gasteiger partial charge is 0.187 e. The van der Waals surface area contributed by atoms with Crippen molar-refractivity contribution in [3.05, 3.63) is 56.5 Å². The maximum Gasteiger partial charge on any atom is 0.187 e. The number of aromatic nitrogens is 3. The fourth-order valence-electron chi connectivity index (χ4n) is 2.96. The maximum absolute atomic E-state index is 5.68. The summed E-state index contributed by atoms with van der Waals surface area (Å²) in [5.74, 6) is 0.757. The normalized spacial score (nSPS) is 11.2. The summed E-state index contributed by atoms with van der Waals surface area (Å²) in [4.78, 5) is 9.40. The SMILES string of the molecule is COCCOc1cc(Br)c(Nc2nc(-c3c(C)nc4ccccn34)cs2)c(Br)c1. The van der Waals surface area contributed by atoms with Crippen molar-refractivity contribution >= 4 is 59.7 Å². The number of ether oxygens (including phenoxy) is 2. The van der Waals surface area contributed by atoms with Crippen LogP contribution < -0.4 is 10.1 Å². The van der Waals surface area contributed by atoms with Crippen LogP contribution in [-0.2, 0) is 4.74 Å². The molecule has 0 aliphatic carbocycles. The Bertz CT molecular complexity index is 1140. The highest BCUT2D eigenvalue weighted by atomic mass is 79.9. The van der Waals surface area contributed by atoms with Crippen LogP contribution in [0.4, 0.5) is 10.8 Å². The largest absolute Gasteiger partial charge is 0.491 e. The van der Waals surface area contributed by atoms with Gasteiger partial charge in [0.05, 0.1) is 23.7 Å². The van der Waals surface area contributed by atoms with Crippen molar-refractivity contribution in [2.45, 2.75) is 6.92 Å². The number of imidazole rings is 1. The Kier molecular flexibility index (Phi) is 6.19. The van der Waals surface area contributed by atoms with Crippen LogP contribution in [0.5, 0.6) is 5.75 Å². The molecule has 0 amide bonds. The first-order valence-corrected chi connectivity index (χ1v) is 11.3. The second-order valence-corrected chi connectivity index (χ2v) is 8.81. The molecule has 0 radical (unpaired) electrons. The summed E-state index contributed by atoms with van der Waals surface area (Å²) in [5.41, 5.74) is 4.65. The zero-order valence-electron chi connectivity index (χ0n) is 15.8. The summed E-state index contributed by atoms with van der Waals surface area (Å²) >= 11 is 8.77. The Labute approximate surface area is 189 Å². The van der Waals surface area contributed by atoms with Gasteiger partial charge in [0.15, 0.2) is 5.13 Å². The maximum atomic E-state index is 5.68. The number of pyridine rings is 1. The van der Waals surface area contributed by atoms with E-state index < -0.39 is 0 Å². The van der Waals surface area contributed by atoms with Crippen LogP contribution in [0.1, 0.15) is 5.69 Å². The standard InChI is InChI=1S/C20H18Br2N4O2S/c1-12-19(26-6-4-3-5-17(26)23-12)16-11-29-20(24-16)25-18-14(21)9-13(10-15(18)22)28-8-7-27-2/h3-6,9-11H,7-8H2,1-2H3,(H,24,25). The van der Waals surface area contributed by atoms with Crippen molar-refractivity contribution in [2.75, 3.05) is 25.6 Å². The molecule has 4 rings (SSSR count). The molecule has 9 heteroatoms. The fraction of sp³-hybridized carbons (Fsp3) is 0.200. The molecule has 3 heterocycles. The van der Waals surface area contributed by atoms with Crippen LogP contribution in [0.25, 0.3) is 17.0 Å². The minimum Gasteiger partial charge on any atom is -0.491 e. The van der Waals surface area contributed by atoms with E-state index in [1.165, 1.54) is 0 Å². The quantitative estimate of drug-likeness (QED) is 0.290. The molecule has 0 saturated heterocycles. The zero-order chi connectivity index (χ0) is 20.4. The van der Waals surface area contributed by atoms with Crippen LogP contribution >= 0.6 is 43.2 Å². The molecule has 29 heavy (non-hydrogen) atoms. The molecule has 1 aromatic carbocycles. The predicted octanol–water partition coefficient (Wildman–Crippen LogP) is 6.06. The average molecular weight is 538 g/mol. The molecule has 0 spiro atoms. The fourth-order valence-corrected chi connectivity index (χ4v) is 5.01. The van der Waals surface area contributed by atoms with E-state index in [2.05, 4.69) is 46.6 Å². The van der Waals surface area contributed by atoms with Gasteiger partial charge in [-0.25, -0.2) is 9.97 Å². The molecule has 0 aliphatic heterocycles. The highest BCUT2D eigenvalue weighted by Crippen LogP contribution is 2.38. The van der Waals surface area contributed by atoms with E-state index in [9.17, 15) is 0 Å². The third-order valence-corrected chi connectivity index (χ3v) is 6.26. The first-order valence-electron chi connectivity index (χ1n) is 8.84. The number of fused-ring (bicyclic) bond motifs is 1. The van der Waals surface area contributed by atoms with Crippen molar-refractivity contribution in [3.63, 3.8) is 0 Å². The van der Waals surface area contributed by atoms with E-state index >= 15 is 0 Å². The molecule has 0 unspecified atom stereocenters. The van der Waals surface area contributed by atoms with Gasteiger partial charge in [-0.15, -0.1) is 11.3 Å². The van der Waals surface area contributed by atoms with Crippen LogP contribution in [0.2, 0.25) is 0 Å². The highest BCUT2D eigenvalue weighted by molar-refractivity contribution is 9.11. The molecule has 4 aromatic rings. The van der Waals surface area contributed by atoms with Gasteiger partial charge in [-0.3, -0.25) is 4.40 Å². The van der Waals surface area contributed by atoms with E-state index in [-0.39, 0.29) is 0 Å². The summed E-state index contributed by atoms with van der Waals surface area (Å²) < 4.78 is 14.5. The molecule has 3 aromatic heterocycles. The average Bonchev–Trinajstić information content (AvgIpc) is 3.27. The molecule has 0 atom stereocenters. The number of benzene rings is 1. The van der Waals surface area contributed by atoms with Gasteiger partial charge >= 0.3 is 0 Å². The van der Waals surface area contributed by atoms with E-state index in [1.807, 2.05) is 48.8 Å². The monoisotopic (exact) mass is 536 g/mol. The summed E-state index contributed by atoms with van der Waals surface area (Å²) in [6.45, 7) is 3.04. The van der Waals surface area contributed by atoms with Gasteiger partial charge in [0.2, 0.25) is 0 Å². The van der Waals surface area contributed by atoms with Gasteiger partial charge < -0.3 is 14.8 Å². The van der Waals surface area contributed by atoms with Gasteiger partial charge in [0, 0.05) is 27.6 Å². The van der Waals surface area contributed by atoms with Crippen molar-refractivity contribution in [1.29, 1.82) is 0 Å². The minimum atomic E-state index is 0.497. The second-order valence-electron chi connectivity index (χ2n) is 6.24. The predicted molar refractivity (Wildman–Crippen MR) is 124 cm³/mol. The highest BCUT2D eigenvalue weighted by Gasteiger charge is 2.15. The number of anilines is 2. The topological polar surface area (TPSA) is 60.7 Å². The third-order valence-electron chi connectivity index (χ3n) is 4.25. The number of nitrogens with zero attached hydrogens (tertiary/aromatic N) is 3. The molecule has 1 N–H and O–H groups in total. The Morgan fingerprint density at radius 3 is 2.69 bits per heavy atom. The molecule has 0 fully saturated rings. The first kappa shape index (κ1) is 20.3. The van der Waals surface area contributed by atoms with E-state index in [0.717, 1.165) is 48.2 Å². The molecule has 0 aliphatic rings. The Balaban J connectivity index is 1.59. The lowest BCUT2D eigenvalue weighted by Crippen LogP contribution is -2.04. The van der Waals surface area contributed by atoms with Crippen molar-refractivity contribution in [1.82, 2.24) is 14.4 Å². The number of methoxy groups -OCH3 is 1. The van der Waals surface area contributed by atoms with Crippen molar-refractivity contribution in [2.24, 2.45) is 0 Å². The summed E-state index contributed by atoms with van der Waals surface area (Å²) in [6, 6.07) is 9.81. The number of halogens is 2. The molecule has 0 bridgehead atoms. The molecule has 0 saturated carbocycles. The minimum absolute atomic E-state index is 0.497. The molecular formula is C20H18Br2N4O2S. The first-order chi connectivity index (χ1) is 14.1. The number of hydrogen-bond acceptors (Lipinski definition) is 6. The van der Waals surface area contributed by atoms with E-state index in [1.54, 1.807) is 18.4 Å². The Morgan fingerprint density at radius 2 is 1.93 bits per heavy atom. The van der Waals surface area contributed by atoms with Gasteiger partial charge in [0.25, 0.3) is 0 Å². The van der Waals surface area contributed by atoms with Gasteiger partial charge in [-0.05, 0) is 63.0 Å². The summed E-state index contributed by atoms with van der Waals surface area (Å²) in [5, 5.41) is 6.22. The summed E-state index contributed by atoms with van der Waals surface area (Å²) in [7, 11) is 1.65. The Hall–Kier alpha value is -1.94. The van der Waals surface area contributed by atoms with Gasteiger partial charge in [-0.2, -0.15) is 0 Å². The lowest BCUT2D eigenvalue weighted by atomic mass is 10.3. The third kappa shape index (κ3) is 4.32. The van der Waals surface area contributed by atoms with Gasteiger partial charge in [-0.1, -0.05) is 6.07 Å². The van der Waals surface area contributed by atoms with Crippen LogP contribution in [0.3, 0.4) is 0 Å². The van der Waals surface area contributed by atoms with E-state index in [4.69, 9.17) is 14.5 Å². The van der Waals surface area contributed by atoms with Crippen molar-refractivity contribution < 1.29 is 9.47 Å². The van der Waals surface area contributed by atoms with Crippen LogP contribution in [-0.4, -0.2) is 34.7 Å². The number of thiazole rings is 1. The molecule has 150 valence electrons. The molecular weight excluding hydrogens is 520 g/mol. The van der Waals surface area contributed by atoms with Gasteiger partial charge in [0.1, 0.15) is 23.7 Å². The van der Waals surface area contributed by atoms with E-state index in [0.29, 0.717) is 13.2 Å². The molecule has 6 nitrogen and oxygen atoms in total. The number of aryl methyl sites for hydroxylation is 1. The lowest BCUT2D eigenvalue weighted by molar-refractivity contribution is 0.146. The zero-order valence-corrected chi connectivity index (χ0v) is 19.8. The van der Waals surface area contributed by atoms with Crippen LogP contribution in [0, 0.1) is 6.92 Å². The number of rotatable bonds is 7. The Morgan fingerprint density at radius 1 is 1.14 bits per heavy atom. The second kappa shape index (κ2) is 8.83. The lowest BCUT2D eigenvalue weighted by Gasteiger charge is -2.12. The summed E-state index contributed by atoms with van der Waals surface area (Å²) in [6.07, 6.45) is 2.01.